The number of nitrogens with one attached hydrogen (secondary N) is 2. The summed E-state index contributed by atoms with van der Waals surface area (Å²) >= 11 is 0. The SMILES string of the molecule is Cc1ccccc1C(=O)NCCNC(=O)CC12CC3CC(CC(C3)C1)C2. The van der Waals surface area contributed by atoms with Crippen LogP contribution in [-0.4, -0.2) is 24.9 Å². The third-order valence-corrected chi connectivity index (χ3v) is 6.82. The normalized spacial score (nSPS) is 31.7. The van der Waals surface area contributed by atoms with Crippen LogP contribution in [0.2, 0.25) is 0 Å². The highest BCUT2D eigenvalue weighted by Crippen LogP contribution is 2.61. The summed E-state index contributed by atoms with van der Waals surface area (Å²) in [6.07, 6.45) is 8.69. The largest absolute Gasteiger partial charge is 0.354 e. The second-order valence-electron chi connectivity index (χ2n) is 9.02. The zero-order chi connectivity index (χ0) is 18.1. The fourth-order valence-corrected chi connectivity index (χ4v) is 6.21. The molecule has 0 heterocycles. The van der Waals surface area contributed by atoms with Crippen LogP contribution in [0.25, 0.3) is 0 Å². The van der Waals surface area contributed by atoms with Gasteiger partial charge >= 0.3 is 0 Å². The zero-order valence-electron chi connectivity index (χ0n) is 15.7. The van der Waals surface area contributed by atoms with Crippen LogP contribution >= 0.6 is 0 Å². The van der Waals surface area contributed by atoms with Gasteiger partial charge in [-0.25, -0.2) is 0 Å². The minimum atomic E-state index is -0.0709. The molecule has 5 rings (SSSR count). The molecule has 4 bridgehead atoms. The Morgan fingerprint density at radius 2 is 1.54 bits per heavy atom. The summed E-state index contributed by atoms with van der Waals surface area (Å²) < 4.78 is 0. The van der Waals surface area contributed by atoms with E-state index in [4.69, 9.17) is 0 Å². The van der Waals surface area contributed by atoms with E-state index in [0.29, 0.717) is 25.1 Å². The molecule has 0 atom stereocenters. The molecule has 4 aliphatic carbocycles. The van der Waals surface area contributed by atoms with Gasteiger partial charge in [0.15, 0.2) is 0 Å². The first-order chi connectivity index (χ1) is 12.5. The van der Waals surface area contributed by atoms with Crippen molar-refractivity contribution in [3.05, 3.63) is 35.4 Å². The van der Waals surface area contributed by atoms with Gasteiger partial charge in [-0.1, -0.05) is 18.2 Å². The maximum Gasteiger partial charge on any atom is 0.251 e. The Bertz CT molecular complexity index is 662. The van der Waals surface area contributed by atoms with Crippen molar-refractivity contribution >= 4 is 11.8 Å². The first-order valence-electron chi connectivity index (χ1n) is 10.1. The van der Waals surface area contributed by atoms with Gasteiger partial charge in [0.25, 0.3) is 5.91 Å². The van der Waals surface area contributed by atoms with Crippen LogP contribution < -0.4 is 10.6 Å². The van der Waals surface area contributed by atoms with Crippen molar-refractivity contribution < 1.29 is 9.59 Å². The Kier molecular flexibility index (Phi) is 4.76. The van der Waals surface area contributed by atoms with Crippen LogP contribution in [-0.2, 0) is 4.79 Å². The molecule has 0 aromatic heterocycles. The van der Waals surface area contributed by atoms with Crippen molar-refractivity contribution in [2.45, 2.75) is 51.9 Å². The zero-order valence-corrected chi connectivity index (χ0v) is 15.7. The molecule has 26 heavy (non-hydrogen) atoms. The number of carbonyl (C=O) groups excluding carboxylic acids is 2. The molecule has 0 unspecified atom stereocenters. The molecular weight excluding hydrogens is 324 g/mol. The average molecular weight is 354 g/mol. The predicted molar refractivity (Wildman–Crippen MR) is 102 cm³/mol. The second kappa shape index (κ2) is 7.05. The molecule has 4 aliphatic rings. The highest BCUT2D eigenvalue weighted by atomic mass is 16.2. The van der Waals surface area contributed by atoms with Gasteiger partial charge in [0.1, 0.15) is 0 Å². The van der Waals surface area contributed by atoms with E-state index < -0.39 is 0 Å². The summed E-state index contributed by atoms with van der Waals surface area (Å²) in [4.78, 5) is 24.7. The summed E-state index contributed by atoms with van der Waals surface area (Å²) in [6.45, 7) is 2.91. The van der Waals surface area contributed by atoms with E-state index in [2.05, 4.69) is 10.6 Å². The van der Waals surface area contributed by atoms with Gasteiger partial charge in [0.05, 0.1) is 0 Å². The Hall–Kier alpha value is -1.84. The molecule has 4 saturated carbocycles. The Morgan fingerprint density at radius 3 is 2.15 bits per heavy atom. The van der Waals surface area contributed by atoms with E-state index in [1.54, 1.807) is 0 Å². The van der Waals surface area contributed by atoms with E-state index in [1.807, 2.05) is 31.2 Å². The minimum absolute atomic E-state index is 0.0709. The van der Waals surface area contributed by atoms with Crippen molar-refractivity contribution in [2.75, 3.05) is 13.1 Å². The van der Waals surface area contributed by atoms with Crippen LogP contribution in [0.15, 0.2) is 24.3 Å². The number of amides is 2. The van der Waals surface area contributed by atoms with Gasteiger partial charge in [-0.15, -0.1) is 0 Å². The third kappa shape index (κ3) is 3.65. The van der Waals surface area contributed by atoms with E-state index in [-0.39, 0.29) is 17.2 Å². The van der Waals surface area contributed by atoms with Gasteiger partial charge in [-0.05, 0) is 80.2 Å². The van der Waals surface area contributed by atoms with Crippen LogP contribution in [0, 0.1) is 30.1 Å². The van der Waals surface area contributed by atoms with Crippen molar-refractivity contribution in [2.24, 2.45) is 23.2 Å². The highest BCUT2D eigenvalue weighted by molar-refractivity contribution is 5.95. The number of aryl methyl sites for hydroxylation is 1. The predicted octanol–water partition coefficient (Wildman–Crippen LogP) is 3.45. The molecule has 0 spiro atoms. The smallest absolute Gasteiger partial charge is 0.251 e. The number of carbonyl (C=O) groups is 2. The Morgan fingerprint density at radius 1 is 0.962 bits per heavy atom. The van der Waals surface area contributed by atoms with Gasteiger partial charge in [-0.3, -0.25) is 9.59 Å². The molecule has 2 N–H and O–H groups in total. The maximum atomic E-state index is 12.5. The van der Waals surface area contributed by atoms with Gasteiger partial charge < -0.3 is 10.6 Å². The third-order valence-electron chi connectivity index (χ3n) is 6.82. The topological polar surface area (TPSA) is 58.2 Å². The molecule has 2 amide bonds. The second-order valence-corrected chi connectivity index (χ2v) is 9.02. The number of rotatable bonds is 6. The summed E-state index contributed by atoms with van der Waals surface area (Å²) in [5.74, 6) is 2.72. The molecule has 140 valence electrons. The summed E-state index contributed by atoms with van der Waals surface area (Å²) in [7, 11) is 0. The lowest BCUT2D eigenvalue weighted by Gasteiger charge is -2.56. The van der Waals surface area contributed by atoms with Crippen molar-refractivity contribution in [1.29, 1.82) is 0 Å². The lowest BCUT2D eigenvalue weighted by molar-refractivity contribution is -0.129. The molecule has 0 saturated heterocycles. The van der Waals surface area contributed by atoms with Crippen LogP contribution in [0.3, 0.4) is 0 Å². The van der Waals surface area contributed by atoms with Gasteiger partial charge in [0, 0.05) is 25.1 Å². The van der Waals surface area contributed by atoms with E-state index >= 15 is 0 Å². The molecule has 1 aromatic carbocycles. The molecule has 0 aliphatic heterocycles. The van der Waals surface area contributed by atoms with Gasteiger partial charge in [0.2, 0.25) is 5.91 Å². The Balaban J connectivity index is 1.21. The maximum absolute atomic E-state index is 12.5. The lowest BCUT2D eigenvalue weighted by atomic mass is 9.49. The summed E-state index contributed by atoms with van der Waals surface area (Å²) in [6, 6.07) is 7.56. The molecule has 0 radical (unpaired) electrons. The van der Waals surface area contributed by atoms with Crippen molar-refractivity contribution in [3.63, 3.8) is 0 Å². The van der Waals surface area contributed by atoms with E-state index in [1.165, 1.54) is 38.5 Å². The van der Waals surface area contributed by atoms with Gasteiger partial charge in [-0.2, -0.15) is 0 Å². The fraction of sp³-hybridized carbons (Fsp3) is 0.636. The number of hydrogen-bond donors (Lipinski definition) is 2. The molecule has 4 heteroatoms. The molecular formula is C22H30N2O2. The first kappa shape index (κ1) is 17.6. The number of benzene rings is 1. The first-order valence-corrected chi connectivity index (χ1v) is 10.1. The Labute approximate surface area is 156 Å². The van der Waals surface area contributed by atoms with Crippen LogP contribution in [0.4, 0.5) is 0 Å². The standard InChI is InChI=1S/C22H30N2O2/c1-15-4-2-3-5-19(15)21(26)24-7-6-23-20(25)14-22-11-16-8-17(12-22)10-18(9-16)13-22/h2-5,16-18H,6-14H2,1H3,(H,23,25)(H,24,26). The average Bonchev–Trinajstić information content (AvgIpc) is 2.57. The monoisotopic (exact) mass is 354 g/mol. The van der Waals surface area contributed by atoms with Crippen LogP contribution in [0.5, 0.6) is 0 Å². The minimum Gasteiger partial charge on any atom is -0.354 e. The molecule has 4 fully saturated rings. The lowest BCUT2D eigenvalue weighted by Crippen LogP contribution is -2.48. The fourth-order valence-electron chi connectivity index (χ4n) is 6.21. The van der Waals surface area contributed by atoms with E-state index in [9.17, 15) is 9.59 Å². The van der Waals surface area contributed by atoms with Crippen molar-refractivity contribution in [1.82, 2.24) is 10.6 Å². The molecule has 4 nitrogen and oxygen atoms in total. The summed E-state index contributed by atoms with van der Waals surface area (Å²) in [5, 5.41) is 5.93. The van der Waals surface area contributed by atoms with E-state index in [0.717, 1.165) is 23.3 Å². The van der Waals surface area contributed by atoms with Crippen LogP contribution in [0.1, 0.15) is 60.9 Å². The number of hydrogen-bond acceptors (Lipinski definition) is 2. The van der Waals surface area contributed by atoms with Crippen molar-refractivity contribution in [3.8, 4) is 0 Å². The highest BCUT2D eigenvalue weighted by Gasteiger charge is 2.51. The molecule has 1 aromatic rings. The summed E-state index contributed by atoms with van der Waals surface area (Å²) in [5.41, 5.74) is 1.95. The quantitative estimate of drug-likeness (QED) is 0.769.